The molecule has 588 valence electrons. The third-order valence-electron chi connectivity index (χ3n) is 19.4. The number of aliphatic hydroxyl groups excluding tert-OH is 1. The normalized spacial score (nSPS) is 14.5. The van der Waals surface area contributed by atoms with E-state index in [2.05, 4.69) is 48.5 Å². The molecule has 4 unspecified atom stereocenters. The number of rotatable bonds is 78. The van der Waals surface area contributed by atoms with Crippen molar-refractivity contribution in [3.05, 3.63) is 0 Å². The highest BCUT2D eigenvalue weighted by Gasteiger charge is 2.30. The summed E-state index contributed by atoms with van der Waals surface area (Å²) >= 11 is 0. The molecule has 0 fully saturated rings. The number of aliphatic hydroxyl groups is 1. The van der Waals surface area contributed by atoms with E-state index in [1.807, 2.05) is 0 Å². The summed E-state index contributed by atoms with van der Waals surface area (Å²) in [6, 6.07) is 0. The Morgan fingerprint density at radius 1 is 0.293 bits per heavy atom. The van der Waals surface area contributed by atoms with Crippen molar-refractivity contribution < 1.29 is 80.2 Å². The summed E-state index contributed by atoms with van der Waals surface area (Å²) in [4.78, 5) is 73.0. The van der Waals surface area contributed by atoms with Crippen molar-refractivity contribution in [2.24, 2.45) is 17.8 Å². The lowest BCUT2D eigenvalue weighted by atomic mass is 9.99. The number of unbranched alkanes of at least 4 members (excludes halogenated alkanes) is 44. The van der Waals surface area contributed by atoms with Crippen LogP contribution in [-0.4, -0.2) is 96.7 Å². The van der Waals surface area contributed by atoms with Gasteiger partial charge in [-0.05, 0) is 43.4 Å². The zero-order valence-corrected chi connectivity index (χ0v) is 66.8. The first-order chi connectivity index (χ1) is 47.8. The van der Waals surface area contributed by atoms with Crippen LogP contribution in [0.5, 0.6) is 0 Å². The minimum atomic E-state index is -4.96. The molecule has 0 aromatic rings. The van der Waals surface area contributed by atoms with Crippen LogP contribution in [0.25, 0.3) is 0 Å². The molecule has 99 heavy (non-hydrogen) atoms. The first-order valence-corrected chi connectivity index (χ1v) is 44.4. The van der Waals surface area contributed by atoms with Gasteiger partial charge >= 0.3 is 39.5 Å². The molecule has 17 nitrogen and oxygen atoms in total. The second-order valence-electron chi connectivity index (χ2n) is 29.8. The summed E-state index contributed by atoms with van der Waals surface area (Å²) in [5.41, 5.74) is 0. The minimum Gasteiger partial charge on any atom is -0.462 e. The number of carbonyl (C=O) groups is 4. The van der Waals surface area contributed by atoms with E-state index in [0.29, 0.717) is 25.7 Å². The lowest BCUT2D eigenvalue weighted by molar-refractivity contribution is -0.161. The number of phosphoric acid groups is 2. The van der Waals surface area contributed by atoms with Gasteiger partial charge in [-0.1, -0.05) is 363 Å². The monoisotopic (exact) mass is 1450 g/mol. The van der Waals surface area contributed by atoms with Gasteiger partial charge in [0, 0.05) is 25.7 Å². The average Bonchev–Trinajstić information content (AvgIpc) is 1.03. The highest BCUT2D eigenvalue weighted by Crippen LogP contribution is 2.45. The SMILES string of the molecule is CCCCCCCCCCCCCCCCCC(=O)OC[C@H](COP(=O)(O)OC[C@@H](O)COP(=O)(O)OC[C@@H](COC(=O)CCCCCCCCCCC(C)CC)OC(=O)CCCCCCCCCCCCCC(C)C)OC(=O)CCCCCCCCCCCCCCCCC(C)CC. The van der Waals surface area contributed by atoms with E-state index in [-0.39, 0.29) is 25.7 Å². The van der Waals surface area contributed by atoms with E-state index >= 15 is 0 Å². The molecular formula is C80H156O17P2. The summed E-state index contributed by atoms with van der Waals surface area (Å²) < 4.78 is 68.7. The maximum Gasteiger partial charge on any atom is 0.472 e. The number of ether oxygens (including phenoxy) is 4. The summed E-state index contributed by atoms with van der Waals surface area (Å²) in [5.74, 6) is 0.278. The topological polar surface area (TPSA) is 237 Å². The van der Waals surface area contributed by atoms with Crippen molar-refractivity contribution in [3.8, 4) is 0 Å². The quantitative estimate of drug-likeness (QED) is 0.0222. The Bertz CT molecular complexity index is 1930. The summed E-state index contributed by atoms with van der Waals surface area (Å²) in [5, 5.41) is 10.6. The van der Waals surface area contributed by atoms with Crippen LogP contribution in [0.1, 0.15) is 414 Å². The molecule has 0 spiro atoms. The molecule has 0 aromatic carbocycles. The molecule has 0 aromatic heterocycles. The van der Waals surface area contributed by atoms with Crippen molar-refractivity contribution >= 4 is 39.5 Å². The number of hydrogen-bond donors (Lipinski definition) is 3. The molecule has 0 aliphatic heterocycles. The molecule has 19 heteroatoms. The molecule has 0 rings (SSSR count). The van der Waals surface area contributed by atoms with Gasteiger partial charge in [-0.3, -0.25) is 37.3 Å². The van der Waals surface area contributed by atoms with Crippen LogP contribution in [-0.2, 0) is 65.4 Å². The molecule has 0 aliphatic carbocycles. The van der Waals surface area contributed by atoms with E-state index in [0.717, 1.165) is 108 Å². The van der Waals surface area contributed by atoms with Crippen molar-refractivity contribution in [2.75, 3.05) is 39.6 Å². The third-order valence-corrected chi connectivity index (χ3v) is 21.3. The van der Waals surface area contributed by atoms with Gasteiger partial charge in [0.25, 0.3) is 0 Å². The largest absolute Gasteiger partial charge is 0.472 e. The first-order valence-electron chi connectivity index (χ1n) is 41.4. The van der Waals surface area contributed by atoms with Crippen molar-refractivity contribution in [2.45, 2.75) is 433 Å². The van der Waals surface area contributed by atoms with E-state index in [1.54, 1.807) is 0 Å². The lowest BCUT2D eigenvalue weighted by Gasteiger charge is -2.21. The fourth-order valence-electron chi connectivity index (χ4n) is 12.2. The molecule has 0 radical (unpaired) electrons. The van der Waals surface area contributed by atoms with Gasteiger partial charge in [0.15, 0.2) is 12.2 Å². The van der Waals surface area contributed by atoms with Crippen LogP contribution in [0.3, 0.4) is 0 Å². The van der Waals surface area contributed by atoms with Crippen molar-refractivity contribution in [1.29, 1.82) is 0 Å². The number of esters is 4. The Kier molecular flexibility index (Phi) is 69.0. The highest BCUT2D eigenvalue weighted by atomic mass is 31.2. The number of phosphoric ester groups is 2. The van der Waals surface area contributed by atoms with Gasteiger partial charge in [-0.25, -0.2) is 9.13 Å². The first kappa shape index (κ1) is 97.1. The molecule has 0 bridgehead atoms. The van der Waals surface area contributed by atoms with Crippen molar-refractivity contribution in [1.82, 2.24) is 0 Å². The van der Waals surface area contributed by atoms with Crippen LogP contribution in [0.4, 0.5) is 0 Å². The molecule has 0 saturated carbocycles. The van der Waals surface area contributed by atoms with Gasteiger partial charge in [0.1, 0.15) is 19.3 Å². The molecule has 3 N–H and O–H groups in total. The third kappa shape index (κ3) is 71.5. The summed E-state index contributed by atoms with van der Waals surface area (Å²) in [6.07, 6.45) is 58.0. The zero-order chi connectivity index (χ0) is 73.0. The lowest BCUT2D eigenvalue weighted by Crippen LogP contribution is -2.30. The highest BCUT2D eigenvalue weighted by molar-refractivity contribution is 7.47. The van der Waals surface area contributed by atoms with Gasteiger partial charge in [0.2, 0.25) is 0 Å². The maximum absolute atomic E-state index is 13.1. The van der Waals surface area contributed by atoms with E-state index in [9.17, 15) is 43.2 Å². The Labute approximate surface area is 607 Å². The fraction of sp³-hybridized carbons (Fsp3) is 0.950. The van der Waals surface area contributed by atoms with E-state index in [1.165, 1.54) is 225 Å². The van der Waals surface area contributed by atoms with Crippen LogP contribution in [0.2, 0.25) is 0 Å². The van der Waals surface area contributed by atoms with Crippen LogP contribution < -0.4 is 0 Å². The standard InChI is InChI=1S/C80H156O17P2/c1-8-11-12-13-14-15-16-17-18-22-27-32-40-47-54-61-77(82)90-67-75(96-79(84)63-56-49-42-33-28-23-20-19-21-26-31-38-45-52-59-72(6)9-2)69-94-98(86,87)92-65-74(81)66-93-99(88,89)95-70-76(68-91-78(83)62-55-48-41-36-35-39-46-53-60-73(7)10-3)97-80(85)64-57-50-43-34-29-24-25-30-37-44-51-58-71(4)5/h71-76,81H,8-70H2,1-7H3,(H,86,87)(H,88,89)/t72?,73?,74-,75-,76-/m1/s1. The Hall–Kier alpha value is -1.94. The van der Waals surface area contributed by atoms with Crippen LogP contribution in [0, 0.1) is 17.8 Å². The molecule has 0 aliphatic rings. The molecule has 0 amide bonds. The Balaban J connectivity index is 5.27. The maximum atomic E-state index is 13.1. The molecule has 0 heterocycles. The van der Waals surface area contributed by atoms with Crippen LogP contribution in [0.15, 0.2) is 0 Å². The van der Waals surface area contributed by atoms with Gasteiger partial charge in [-0.15, -0.1) is 0 Å². The van der Waals surface area contributed by atoms with Crippen LogP contribution >= 0.6 is 15.6 Å². The number of hydrogen-bond acceptors (Lipinski definition) is 15. The van der Waals surface area contributed by atoms with Gasteiger partial charge in [-0.2, -0.15) is 0 Å². The van der Waals surface area contributed by atoms with Gasteiger partial charge in [0.05, 0.1) is 26.4 Å². The fourth-order valence-corrected chi connectivity index (χ4v) is 13.8. The molecule has 0 saturated heterocycles. The smallest absolute Gasteiger partial charge is 0.462 e. The second kappa shape index (κ2) is 70.4. The predicted molar refractivity (Wildman–Crippen MR) is 405 cm³/mol. The minimum absolute atomic E-state index is 0.106. The summed E-state index contributed by atoms with van der Waals surface area (Å²) in [6.45, 7) is 12.0. The molecular weight excluding hydrogens is 1290 g/mol. The second-order valence-corrected chi connectivity index (χ2v) is 32.7. The summed E-state index contributed by atoms with van der Waals surface area (Å²) in [7, 11) is -9.92. The van der Waals surface area contributed by atoms with E-state index in [4.69, 9.17) is 37.0 Å². The number of carbonyl (C=O) groups excluding carboxylic acids is 4. The molecule has 7 atom stereocenters. The van der Waals surface area contributed by atoms with Gasteiger partial charge < -0.3 is 33.8 Å². The van der Waals surface area contributed by atoms with E-state index < -0.39 is 97.5 Å². The Morgan fingerprint density at radius 3 is 0.768 bits per heavy atom. The average molecular weight is 1450 g/mol. The van der Waals surface area contributed by atoms with Crippen molar-refractivity contribution in [3.63, 3.8) is 0 Å². The Morgan fingerprint density at radius 2 is 0.515 bits per heavy atom. The predicted octanol–water partition coefficient (Wildman–Crippen LogP) is 23.7. The zero-order valence-electron chi connectivity index (χ0n) is 65.0.